The van der Waals surface area contributed by atoms with E-state index in [1.165, 1.54) is 6.33 Å². The summed E-state index contributed by atoms with van der Waals surface area (Å²) in [5.41, 5.74) is 0.648. The van der Waals surface area contributed by atoms with E-state index in [-0.39, 0.29) is 43.8 Å². The summed E-state index contributed by atoms with van der Waals surface area (Å²) in [4.78, 5) is 23.1. The molecule has 1 N–H and O–H groups in total. The van der Waals surface area contributed by atoms with E-state index in [1.54, 1.807) is 24.1 Å². The zero-order valence-electron chi connectivity index (χ0n) is 22.0. The number of carbonyl (C=O) groups is 1. The second kappa shape index (κ2) is 12.4. The number of rotatable bonds is 5. The summed E-state index contributed by atoms with van der Waals surface area (Å²) >= 11 is 6.50. The maximum absolute atomic E-state index is 12.5. The first-order valence-corrected chi connectivity index (χ1v) is 12.4. The summed E-state index contributed by atoms with van der Waals surface area (Å²) in [6.07, 6.45) is 2.33. The number of methoxy groups -OCH3 is 1. The van der Waals surface area contributed by atoms with Gasteiger partial charge in [0, 0.05) is 38.1 Å². The van der Waals surface area contributed by atoms with Crippen LogP contribution in [0.4, 0.5) is 16.3 Å². The predicted octanol–water partition coefficient (Wildman–Crippen LogP) is 6.39. The molecule has 1 aromatic heterocycles. The number of likely N-dealkylation sites (tertiary alicyclic amines) is 1. The number of halogens is 3. The first kappa shape index (κ1) is 30.5. The lowest BCUT2D eigenvalue weighted by atomic mass is 10.1. The molecule has 0 saturated carbocycles. The van der Waals surface area contributed by atoms with Crippen molar-refractivity contribution < 1.29 is 28.5 Å². The van der Waals surface area contributed by atoms with Crippen molar-refractivity contribution in [2.75, 3.05) is 32.3 Å². The zero-order valence-corrected chi connectivity index (χ0v) is 24.4. The van der Waals surface area contributed by atoms with E-state index in [2.05, 4.69) is 15.3 Å². The Labute approximate surface area is 244 Å². The fourth-order valence-electron chi connectivity index (χ4n) is 4.28. The van der Waals surface area contributed by atoms with Gasteiger partial charge in [-0.2, -0.15) is 0 Å². The number of ether oxygens (including phenoxy) is 5. The van der Waals surface area contributed by atoms with E-state index < -0.39 is 5.60 Å². The van der Waals surface area contributed by atoms with Gasteiger partial charge in [-0.3, -0.25) is 0 Å². The number of hydrogen-bond acceptors (Lipinski definition) is 9. The molecule has 3 heterocycles. The van der Waals surface area contributed by atoms with Crippen LogP contribution in [0.2, 0.25) is 5.02 Å². The number of amides is 1. The molecular formula is C26H31Cl3N4O6. The van der Waals surface area contributed by atoms with Gasteiger partial charge in [-0.25, -0.2) is 14.8 Å². The highest BCUT2D eigenvalue weighted by atomic mass is 35.5. The maximum Gasteiger partial charge on any atom is 0.410 e. The van der Waals surface area contributed by atoms with Crippen molar-refractivity contribution >= 4 is 64.9 Å². The number of carbonyl (C=O) groups excluding carboxylic acids is 1. The molecule has 0 unspecified atom stereocenters. The number of hydrogen-bond donors (Lipinski definition) is 1. The molecule has 0 atom stereocenters. The Balaban J connectivity index is 0.00000210. The Hall–Kier alpha value is -3.08. The van der Waals surface area contributed by atoms with Crippen molar-refractivity contribution in [3.63, 3.8) is 0 Å². The van der Waals surface area contributed by atoms with Crippen molar-refractivity contribution in [3.05, 3.63) is 35.6 Å². The Bertz CT molecular complexity index is 1330. The average molecular weight is 602 g/mol. The van der Waals surface area contributed by atoms with Crippen LogP contribution in [-0.2, 0) is 4.74 Å². The van der Waals surface area contributed by atoms with Gasteiger partial charge in [-0.05, 0) is 32.9 Å². The van der Waals surface area contributed by atoms with E-state index in [0.29, 0.717) is 76.4 Å². The quantitative estimate of drug-likeness (QED) is 0.356. The van der Waals surface area contributed by atoms with Gasteiger partial charge in [0.15, 0.2) is 11.5 Å². The van der Waals surface area contributed by atoms with Gasteiger partial charge in [0.2, 0.25) is 6.79 Å². The molecule has 0 spiro atoms. The van der Waals surface area contributed by atoms with E-state index in [1.807, 2.05) is 32.9 Å². The smallest absolute Gasteiger partial charge is 0.410 e. The highest BCUT2D eigenvalue weighted by Crippen LogP contribution is 2.46. The summed E-state index contributed by atoms with van der Waals surface area (Å²) in [6, 6.07) is 7.13. The van der Waals surface area contributed by atoms with Crippen LogP contribution in [0.15, 0.2) is 30.6 Å². The number of aromatic nitrogens is 2. The highest BCUT2D eigenvalue weighted by Gasteiger charge is 2.29. The summed E-state index contributed by atoms with van der Waals surface area (Å²) in [5.74, 6) is 2.78. The molecule has 5 rings (SSSR count). The third-order valence-corrected chi connectivity index (χ3v) is 6.35. The Kier molecular flexibility index (Phi) is 9.69. The van der Waals surface area contributed by atoms with Gasteiger partial charge in [0.1, 0.15) is 41.0 Å². The third kappa shape index (κ3) is 6.74. The second-order valence-corrected chi connectivity index (χ2v) is 10.2. The summed E-state index contributed by atoms with van der Waals surface area (Å²) in [5, 5.41) is 4.43. The first-order chi connectivity index (χ1) is 17.7. The molecule has 2 aromatic carbocycles. The van der Waals surface area contributed by atoms with Gasteiger partial charge in [-0.1, -0.05) is 11.6 Å². The van der Waals surface area contributed by atoms with Gasteiger partial charge in [0.05, 0.1) is 23.0 Å². The molecule has 13 heteroatoms. The SMILES string of the molecule is COc1cc(OC2CCN(C(=O)OC(C)(C)C)CC2)c2c(Nc3c(Cl)ccc4c3OCO4)ncnc2c1.Cl.Cl. The van der Waals surface area contributed by atoms with Crippen LogP contribution in [0, 0.1) is 0 Å². The summed E-state index contributed by atoms with van der Waals surface area (Å²) < 4.78 is 28.6. The molecule has 0 radical (unpaired) electrons. The minimum absolute atomic E-state index is 0. The lowest BCUT2D eigenvalue weighted by Crippen LogP contribution is -2.44. The minimum atomic E-state index is -0.535. The van der Waals surface area contributed by atoms with Crippen LogP contribution in [0.1, 0.15) is 33.6 Å². The fourth-order valence-corrected chi connectivity index (χ4v) is 4.48. The van der Waals surface area contributed by atoms with Crippen molar-refractivity contribution in [3.8, 4) is 23.0 Å². The molecule has 39 heavy (non-hydrogen) atoms. The standard InChI is InChI=1S/C26H29ClN4O6.2ClH/c1-26(2,3)37-25(32)31-9-7-15(8-10-31)36-20-12-16(33-4)11-18-21(20)24(29-13-28-18)30-22-17(27)5-6-19-23(22)35-14-34-19;;/h5-6,11-13,15H,7-10,14H2,1-4H3,(H,28,29,30);2*1H. The highest BCUT2D eigenvalue weighted by molar-refractivity contribution is 6.34. The molecule has 0 aliphatic carbocycles. The molecule has 3 aromatic rings. The summed E-state index contributed by atoms with van der Waals surface area (Å²) in [6.45, 7) is 6.76. The Morgan fingerprint density at radius 1 is 1.13 bits per heavy atom. The summed E-state index contributed by atoms with van der Waals surface area (Å²) in [7, 11) is 1.59. The van der Waals surface area contributed by atoms with Crippen molar-refractivity contribution in [2.24, 2.45) is 0 Å². The molecule has 2 aliphatic heterocycles. The van der Waals surface area contributed by atoms with E-state index >= 15 is 0 Å². The third-order valence-electron chi connectivity index (χ3n) is 6.03. The maximum atomic E-state index is 12.5. The van der Waals surface area contributed by atoms with E-state index in [0.717, 1.165) is 0 Å². The van der Waals surface area contributed by atoms with Gasteiger partial charge in [0.25, 0.3) is 0 Å². The van der Waals surface area contributed by atoms with Gasteiger partial charge >= 0.3 is 6.09 Å². The van der Waals surface area contributed by atoms with Crippen LogP contribution >= 0.6 is 36.4 Å². The predicted molar refractivity (Wildman–Crippen MR) is 153 cm³/mol. The van der Waals surface area contributed by atoms with E-state index in [9.17, 15) is 4.79 Å². The second-order valence-electron chi connectivity index (χ2n) is 9.81. The average Bonchev–Trinajstić information content (AvgIpc) is 3.34. The normalized spacial score (nSPS) is 14.7. The van der Waals surface area contributed by atoms with Crippen molar-refractivity contribution in [1.82, 2.24) is 14.9 Å². The number of anilines is 2. The number of piperidine rings is 1. The Morgan fingerprint density at radius 3 is 2.56 bits per heavy atom. The molecular weight excluding hydrogens is 571 g/mol. The molecule has 2 aliphatic rings. The van der Waals surface area contributed by atoms with Crippen LogP contribution in [-0.4, -0.2) is 59.7 Å². The molecule has 1 fully saturated rings. The number of nitrogens with zero attached hydrogens (tertiary/aromatic N) is 3. The van der Waals surface area contributed by atoms with Gasteiger partial charge in [-0.15, -0.1) is 24.8 Å². The molecule has 10 nitrogen and oxygen atoms in total. The van der Waals surface area contributed by atoms with Gasteiger partial charge < -0.3 is 33.9 Å². The minimum Gasteiger partial charge on any atom is -0.497 e. The Morgan fingerprint density at radius 2 is 1.87 bits per heavy atom. The zero-order chi connectivity index (χ0) is 26.2. The largest absolute Gasteiger partial charge is 0.497 e. The molecule has 212 valence electrons. The van der Waals surface area contributed by atoms with Crippen molar-refractivity contribution in [1.29, 1.82) is 0 Å². The van der Waals surface area contributed by atoms with Crippen molar-refractivity contribution in [2.45, 2.75) is 45.3 Å². The molecule has 1 saturated heterocycles. The number of fused-ring (bicyclic) bond motifs is 2. The topological polar surface area (TPSA) is 104 Å². The van der Waals surface area contributed by atoms with Crippen LogP contribution in [0.25, 0.3) is 10.9 Å². The lowest BCUT2D eigenvalue weighted by molar-refractivity contribution is 0.0128. The molecule has 0 bridgehead atoms. The molecule has 1 amide bonds. The fraction of sp³-hybridized carbons (Fsp3) is 0.423. The number of nitrogens with one attached hydrogen (secondary N) is 1. The van der Waals surface area contributed by atoms with Crippen LogP contribution < -0.4 is 24.3 Å². The van der Waals surface area contributed by atoms with Crippen LogP contribution in [0.5, 0.6) is 23.0 Å². The number of benzene rings is 2. The first-order valence-electron chi connectivity index (χ1n) is 12.0. The monoisotopic (exact) mass is 600 g/mol. The lowest BCUT2D eigenvalue weighted by Gasteiger charge is -2.33. The van der Waals surface area contributed by atoms with Crippen LogP contribution in [0.3, 0.4) is 0 Å². The van der Waals surface area contributed by atoms with E-state index in [4.69, 9.17) is 35.3 Å².